The zero-order valence-electron chi connectivity index (χ0n) is 19.1. The summed E-state index contributed by atoms with van der Waals surface area (Å²) in [5.74, 6) is 1.33. The lowest BCUT2D eigenvalue weighted by Gasteiger charge is -2.11. The topological polar surface area (TPSA) is 74.8 Å². The number of methoxy groups -OCH3 is 1. The van der Waals surface area contributed by atoms with Gasteiger partial charge in [0.1, 0.15) is 22.5 Å². The summed E-state index contributed by atoms with van der Waals surface area (Å²) in [7, 11) is 1.63. The van der Waals surface area contributed by atoms with Gasteiger partial charge in [-0.05, 0) is 61.0 Å². The highest BCUT2D eigenvalue weighted by molar-refractivity contribution is 6.30. The molecule has 0 saturated heterocycles. The fourth-order valence-corrected chi connectivity index (χ4v) is 4.49. The highest BCUT2D eigenvalue weighted by Gasteiger charge is 2.22. The van der Waals surface area contributed by atoms with Crippen molar-refractivity contribution in [1.29, 1.82) is 0 Å². The zero-order chi connectivity index (χ0) is 24.1. The standard InChI is InChI=1S/C27H20ClN5O2/c1-16-29-25-23(27(34)32(16)15-17-7-9-18(28)10-8-17)24-26(31-22-6-4-3-5-21(22)30-24)33(25)19-11-13-20(35-2)14-12-19/h3-14H,15H2,1-2H3. The van der Waals surface area contributed by atoms with Crippen LogP contribution in [0.2, 0.25) is 5.02 Å². The lowest BCUT2D eigenvalue weighted by atomic mass is 10.2. The predicted molar refractivity (Wildman–Crippen MR) is 138 cm³/mol. The second kappa shape index (κ2) is 8.21. The molecule has 0 saturated carbocycles. The molecular formula is C27H20ClN5O2. The number of ether oxygens (including phenoxy) is 1. The lowest BCUT2D eigenvalue weighted by molar-refractivity contribution is 0.415. The third-order valence-corrected chi connectivity index (χ3v) is 6.39. The van der Waals surface area contributed by atoms with E-state index in [-0.39, 0.29) is 5.56 Å². The minimum Gasteiger partial charge on any atom is -0.497 e. The summed E-state index contributed by atoms with van der Waals surface area (Å²) in [4.78, 5) is 28.5. The van der Waals surface area contributed by atoms with E-state index in [0.29, 0.717) is 39.6 Å². The van der Waals surface area contributed by atoms with Gasteiger partial charge in [-0.15, -0.1) is 0 Å². The Morgan fingerprint density at radius 1 is 0.857 bits per heavy atom. The Balaban J connectivity index is 1.68. The molecule has 7 nitrogen and oxygen atoms in total. The van der Waals surface area contributed by atoms with Crippen molar-refractivity contribution in [3.63, 3.8) is 0 Å². The molecule has 0 aliphatic heterocycles. The van der Waals surface area contributed by atoms with Crippen LogP contribution in [0, 0.1) is 6.92 Å². The van der Waals surface area contributed by atoms with Crippen molar-refractivity contribution in [2.75, 3.05) is 7.11 Å². The van der Waals surface area contributed by atoms with E-state index in [0.717, 1.165) is 28.0 Å². The van der Waals surface area contributed by atoms with Crippen LogP contribution in [-0.4, -0.2) is 31.2 Å². The van der Waals surface area contributed by atoms with Crippen LogP contribution in [0.5, 0.6) is 5.75 Å². The van der Waals surface area contributed by atoms with Crippen molar-refractivity contribution in [2.24, 2.45) is 0 Å². The molecule has 3 aromatic carbocycles. The van der Waals surface area contributed by atoms with Gasteiger partial charge in [-0.25, -0.2) is 15.0 Å². The van der Waals surface area contributed by atoms with Gasteiger partial charge in [0.2, 0.25) is 0 Å². The summed E-state index contributed by atoms with van der Waals surface area (Å²) in [5, 5.41) is 1.09. The number of aromatic nitrogens is 5. The Morgan fingerprint density at radius 3 is 2.23 bits per heavy atom. The Morgan fingerprint density at radius 2 is 1.54 bits per heavy atom. The van der Waals surface area contributed by atoms with Crippen LogP contribution in [0.1, 0.15) is 11.4 Å². The van der Waals surface area contributed by atoms with Crippen LogP contribution < -0.4 is 10.3 Å². The van der Waals surface area contributed by atoms with Crippen LogP contribution in [0.3, 0.4) is 0 Å². The molecule has 3 heterocycles. The quantitative estimate of drug-likeness (QED) is 0.341. The first-order valence-electron chi connectivity index (χ1n) is 11.1. The maximum absolute atomic E-state index is 13.9. The summed E-state index contributed by atoms with van der Waals surface area (Å²) >= 11 is 6.04. The molecule has 35 heavy (non-hydrogen) atoms. The van der Waals surface area contributed by atoms with E-state index in [4.69, 9.17) is 31.3 Å². The van der Waals surface area contributed by atoms with Gasteiger partial charge in [-0.2, -0.15) is 0 Å². The molecule has 0 amide bonds. The summed E-state index contributed by atoms with van der Waals surface area (Å²) in [5.41, 5.74) is 4.70. The number of rotatable bonds is 4. The number of halogens is 1. The van der Waals surface area contributed by atoms with Crippen molar-refractivity contribution in [3.05, 3.63) is 99.6 Å². The van der Waals surface area contributed by atoms with Gasteiger partial charge in [-0.1, -0.05) is 35.9 Å². The summed E-state index contributed by atoms with van der Waals surface area (Å²) in [6, 6.07) is 22.7. The van der Waals surface area contributed by atoms with E-state index >= 15 is 0 Å². The summed E-state index contributed by atoms with van der Waals surface area (Å²) < 4.78 is 8.88. The van der Waals surface area contributed by atoms with Gasteiger partial charge in [0, 0.05) is 10.7 Å². The van der Waals surface area contributed by atoms with Crippen molar-refractivity contribution in [2.45, 2.75) is 13.5 Å². The van der Waals surface area contributed by atoms with E-state index in [2.05, 4.69) is 0 Å². The second-order valence-electron chi connectivity index (χ2n) is 8.29. The number of nitrogens with zero attached hydrogens (tertiary/aromatic N) is 5. The lowest BCUT2D eigenvalue weighted by Crippen LogP contribution is -2.24. The fourth-order valence-electron chi connectivity index (χ4n) is 4.37. The third kappa shape index (κ3) is 3.52. The van der Waals surface area contributed by atoms with Gasteiger partial charge >= 0.3 is 0 Å². The van der Waals surface area contributed by atoms with Gasteiger partial charge in [0.15, 0.2) is 11.3 Å². The highest BCUT2D eigenvalue weighted by Crippen LogP contribution is 2.29. The van der Waals surface area contributed by atoms with E-state index < -0.39 is 0 Å². The minimum atomic E-state index is -0.163. The summed E-state index contributed by atoms with van der Waals surface area (Å²) in [6.45, 7) is 2.21. The van der Waals surface area contributed by atoms with Crippen LogP contribution in [0.4, 0.5) is 0 Å². The molecule has 0 fully saturated rings. The molecule has 6 aromatic rings. The molecule has 0 N–H and O–H groups in total. The van der Waals surface area contributed by atoms with Crippen LogP contribution >= 0.6 is 11.6 Å². The first-order chi connectivity index (χ1) is 17.0. The molecule has 0 radical (unpaired) electrons. The minimum absolute atomic E-state index is 0.163. The number of para-hydroxylation sites is 2. The monoisotopic (exact) mass is 481 g/mol. The second-order valence-corrected chi connectivity index (χ2v) is 8.73. The highest BCUT2D eigenvalue weighted by atomic mass is 35.5. The Labute approximate surface area is 205 Å². The predicted octanol–water partition coefficient (Wildman–Crippen LogP) is 5.30. The smallest absolute Gasteiger partial charge is 0.265 e. The maximum Gasteiger partial charge on any atom is 0.265 e. The molecule has 0 spiro atoms. The van der Waals surface area contributed by atoms with Gasteiger partial charge < -0.3 is 4.74 Å². The number of aryl methyl sites for hydroxylation is 1. The van der Waals surface area contributed by atoms with Crippen molar-refractivity contribution in [3.8, 4) is 11.4 Å². The molecule has 6 rings (SSSR count). The first kappa shape index (κ1) is 21.3. The van der Waals surface area contributed by atoms with Crippen LogP contribution in [0.15, 0.2) is 77.6 Å². The van der Waals surface area contributed by atoms with Crippen molar-refractivity contribution >= 4 is 44.8 Å². The molecule has 3 aromatic heterocycles. The van der Waals surface area contributed by atoms with E-state index in [1.54, 1.807) is 11.7 Å². The van der Waals surface area contributed by atoms with Crippen molar-refractivity contribution < 1.29 is 4.74 Å². The number of fused-ring (bicyclic) bond motifs is 4. The van der Waals surface area contributed by atoms with E-state index in [1.807, 2.05) is 84.3 Å². The van der Waals surface area contributed by atoms with Gasteiger partial charge in [-0.3, -0.25) is 13.9 Å². The van der Waals surface area contributed by atoms with Gasteiger partial charge in [0.05, 0.1) is 24.7 Å². The first-order valence-corrected chi connectivity index (χ1v) is 11.5. The van der Waals surface area contributed by atoms with Crippen molar-refractivity contribution in [1.82, 2.24) is 24.1 Å². The Kier molecular flexibility index (Phi) is 5.00. The normalized spacial score (nSPS) is 11.5. The average molecular weight is 482 g/mol. The van der Waals surface area contributed by atoms with E-state index in [1.165, 1.54) is 0 Å². The Bertz CT molecular complexity index is 1790. The third-order valence-electron chi connectivity index (χ3n) is 6.14. The molecular weight excluding hydrogens is 462 g/mol. The van der Waals surface area contributed by atoms with Crippen LogP contribution in [0.25, 0.3) is 38.9 Å². The van der Waals surface area contributed by atoms with Crippen LogP contribution in [-0.2, 0) is 6.54 Å². The maximum atomic E-state index is 13.9. The number of hydrogen-bond acceptors (Lipinski definition) is 5. The number of benzene rings is 3. The summed E-state index contributed by atoms with van der Waals surface area (Å²) in [6.07, 6.45) is 0. The molecule has 0 unspecified atom stereocenters. The van der Waals surface area contributed by atoms with E-state index in [9.17, 15) is 4.79 Å². The molecule has 0 bridgehead atoms. The molecule has 0 aliphatic rings. The molecule has 172 valence electrons. The largest absolute Gasteiger partial charge is 0.497 e. The molecule has 0 aliphatic carbocycles. The molecule has 8 heteroatoms. The average Bonchev–Trinajstić information content (AvgIpc) is 3.19. The fraction of sp³-hybridized carbons (Fsp3) is 0.111. The molecule has 0 atom stereocenters. The zero-order valence-corrected chi connectivity index (χ0v) is 19.8. The SMILES string of the molecule is COc1ccc(-n2c3nc4ccccc4nc3c3c(=O)n(Cc4ccc(Cl)cc4)c(C)nc32)cc1. The number of hydrogen-bond donors (Lipinski definition) is 0. The van der Waals surface area contributed by atoms with Gasteiger partial charge in [0.25, 0.3) is 5.56 Å². The Hall–Kier alpha value is -4.23.